The van der Waals surface area contributed by atoms with Gasteiger partial charge in [-0.25, -0.2) is 0 Å². The van der Waals surface area contributed by atoms with Crippen molar-refractivity contribution < 1.29 is 0 Å². The van der Waals surface area contributed by atoms with Crippen molar-refractivity contribution in [2.24, 2.45) is 10.7 Å². The van der Waals surface area contributed by atoms with Crippen molar-refractivity contribution in [2.45, 2.75) is 25.8 Å². The van der Waals surface area contributed by atoms with E-state index in [0.717, 1.165) is 29.8 Å². The van der Waals surface area contributed by atoms with Crippen molar-refractivity contribution in [1.82, 2.24) is 5.32 Å². The number of aryl methyl sites for hydroxylation is 1. The maximum Gasteiger partial charge on any atom is 0.118 e. The topological polar surface area (TPSA) is 50.4 Å². The van der Waals surface area contributed by atoms with Crippen LogP contribution in [0.4, 0.5) is 0 Å². The Hall–Kier alpha value is -2.29. The predicted molar refractivity (Wildman–Crippen MR) is 86.3 cm³/mol. The molecule has 1 aliphatic rings. The lowest BCUT2D eigenvalue weighted by molar-refractivity contribution is 1.06. The molecule has 0 unspecified atom stereocenters. The first-order valence-electron chi connectivity index (χ1n) is 6.78. The van der Waals surface area contributed by atoms with Crippen molar-refractivity contribution in [3.63, 3.8) is 0 Å². The van der Waals surface area contributed by atoms with E-state index in [1.54, 1.807) is 6.08 Å². The highest BCUT2D eigenvalue weighted by Gasteiger charge is 2.19. The molecule has 3 heteroatoms. The van der Waals surface area contributed by atoms with E-state index in [9.17, 15) is 0 Å². The van der Waals surface area contributed by atoms with Crippen LogP contribution in [-0.2, 0) is 0 Å². The predicted octanol–water partition coefficient (Wildman–Crippen LogP) is 3.14. The van der Waals surface area contributed by atoms with Crippen LogP contribution in [-0.4, -0.2) is 11.9 Å². The molecule has 0 heterocycles. The van der Waals surface area contributed by atoms with Gasteiger partial charge in [-0.2, -0.15) is 0 Å². The molecule has 3 N–H and O–H groups in total. The second-order valence-corrected chi connectivity index (χ2v) is 5.12. The van der Waals surface area contributed by atoms with Gasteiger partial charge in [0, 0.05) is 11.4 Å². The Morgan fingerprint density at radius 1 is 1.35 bits per heavy atom. The minimum Gasteiger partial charge on any atom is -0.384 e. The van der Waals surface area contributed by atoms with E-state index in [-0.39, 0.29) is 0 Å². The number of nitrogens with one attached hydrogen (secondary N) is 1. The van der Waals surface area contributed by atoms with E-state index in [2.05, 4.69) is 42.5 Å². The number of hydrogen-bond donors (Lipinski definition) is 2. The molecular formula is C17H21N3. The number of allylic oxidation sites excluding steroid dienone is 1. The smallest absolute Gasteiger partial charge is 0.118 e. The first kappa shape index (κ1) is 14.1. The third-order valence-corrected chi connectivity index (χ3v) is 3.01. The summed E-state index contributed by atoms with van der Waals surface area (Å²) in [6.45, 7) is 10.0. The summed E-state index contributed by atoms with van der Waals surface area (Å²) in [5.41, 5.74) is 9.61. The summed E-state index contributed by atoms with van der Waals surface area (Å²) < 4.78 is 0. The van der Waals surface area contributed by atoms with Gasteiger partial charge in [0.25, 0.3) is 0 Å². The van der Waals surface area contributed by atoms with Crippen molar-refractivity contribution in [2.75, 3.05) is 0 Å². The Balaban J connectivity index is 1.90. The molecule has 0 saturated heterocycles. The van der Waals surface area contributed by atoms with Crippen LogP contribution < -0.4 is 11.1 Å². The Kier molecular flexibility index (Phi) is 4.41. The number of rotatable bonds is 6. The Labute approximate surface area is 120 Å². The lowest BCUT2D eigenvalue weighted by Crippen LogP contribution is -2.11. The zero-order valence-electron chi connectivity index (χ0n) is 11.9. The molecule has 0 bridgehead atoms. The fourth-order valence-electron chi connectivity index (χ4n) is 1.78. The van der Waals surface area contributed by atoms with E-state index in [4.69, 9.17) is 5.73 Å². The second-order valence-electron chi connectivity index (χ2n) is 5.12. The minimum absolute atomic E-state index is 0.433. The third-order valence-electron chi connectivity index (χ3n) is 3.01. The number of aliphatic imine (C=N–C) groups is 1. The fraction of sp³-hybridized carbons (Fsp3) is 0.235. The van der Waals surface area contributed by atoms with Gasteiger partial charge in [0.1, 0.15) is 5.84 Å². The van der Waals surface area contributed by atoms with Gasteiger partial charge < -0.3 is 11.1 Å². The van der Waals surface area contributed by atoms with Crippen molar-refractivity contribution in [3.05, 3.63) is 66.4 Å². The zero-order valence-corrected chi connectivity index (χ0v) is 11.9. The Bertz CT molecular complexity index is 578. The van der Waals surface area contributed by atoms with Gasteiger partial charge in [-0.1, -0.05) is 36.9 Å². The summed E-state index contributed by atoms with van der Waals surface area (Å²) in [6, 6.07) is 8.59. The molecule has 1 aliphatic carbocycles. The molecule has 0 aliphatic heterocycles. The number of nitrogens with zero attached hydrogens (tertiary/aromatic N) is 1. The van der Waals surface area contributed by atoms with E-state index < -0.39 is 0 Å². The van der Waals surface area contributed by atoms with Crippen molar-refractivity contribution in [1.29, 1.82) is 0 Å². The summed E-state index contributed by atoms with van der Waals surface area (Å²) in [7, 11) is 0. The highest BCUT2D eigenvalue weighted by molar-refractivity contribution is 5.92. The normalized spacial score (nSPS) is 15.3. The van der Waals surface area contributed by atoms with Crippen LogP contribution in [0.5, 0.6) is 0 Å². The quantitative estimate of drug-likeness (QED) is 0.472. The van der Waals surface area contributed by atoms with Crippen molar-refractivity contribution >= 4 is 11.5 Å². The van der Waals surface area contributed by atoms with E-state index in [0.29, 0.717) is 11.9 Å². The number of benzene rings is 1. The van der Waals surface area contributed by atoms with Crippen LogP contribution in [0.2, 0.25) is 0 Å². The van der Waals surface area contributed by atoms with Crippen LogP contribution in [0.3, 0.4) is 0 Å². The van der Waals surface area contributed by atoms with E-state index in [1.807, 2.05) is 18.2 Å². The summed E-state index contributed by atoms with van der Waals surface area (Å²) in [5.74, 6) is 0.552. The molecule has 20 heavy (non-hydrogen) atoms. The van der Waals surface area contributed by atoms with Crippen molar-refractivity contribution in [3.8, 4) is 0 Å². The lowest BCUT2D eigenvalue weighted by atomic mass is 10.1. The minimum atomic E-state index is 0.433. The third kappa shape index (κ3) is 4.43. The summed E-state index contributed by atoms with van der Waals surface area (Å²) >= 11 is 0. The summed E-state index contributed by atoms with van der Waals surface area (Å²) in [4.78, 5) is 4.33. The number of nitrogens with two attached hydrogens (primary N) is 1. The van der Waals surface area contributed by atoms with Gasteiger partial charge in [0.05, 0.1) is 6.04 Å². The molecule has 0 atom stereocenters. The summed E-state index contributed by atoms with van der Waals surface area (Å²) in [6.07, 6.45) is 5.90. The molecule has 1 saturated carbocycles. The number of hydrogen-bond acceptors (Lipinski definition) is 2. The highest BCUT2D eigenvalue weighted by atomic mass is 14.9. The van der Waals surface area contributed by atoms with E-state index >= 15 is 0 Å². The lowest BCUT2D eigenvalue weighted by Gasteiger charge is -2.10. The van der Waals surface area contributed by atoms with Gasteiger partial charge in [0.2, 0.25) is 0 Å². The van der Waals surface area contributed by atoms with Crippen LogP contribution in [0.15, 0.2) is 60.3 Å². The monoisotopic (exact) mass is 267 g/mol. The molecule has 0 spiro atoms. The SMILES string of the molecule is C=C(/C=C\C(N)=NC1CC1)NC(=C)c1cccc(C)c1. The largest absolute Gasteiger partial charge is 0.384 e. The molecule has 2 rings (SSSR count). The second kappa shape index (κ2) is 6.24. The fourth-order valence-corrected chi connectivity index (χ4v) is 1.78. The first-order valence-corrected chi connectivity index (χ1v) is 6.78. The van der Waals surface area contributed by atoms with Crippen LogP contribution in [0.25, 0.3) is 5.70 Å². The summed E-state index contributed by atoms with van der Waals surface area (Å²) in [5, 5.41) is 3.16. The van der Waals surface area contributed by atoms with Crippen LogP contribution >= 0.6 is 0 Å². The van der Waals surface area contributed by atoms with Gasteiger partial charge >= 0.3 is 0 Å². The average molecular weight is 267 g/mol. The van der Waals surface area contributed by atoms with Crippen LogP contribution in [0, 0.1) is 6.92 Å². The van der Waals surface area contributed by atoms with Gasteiger partial charge in [0.15, 0.2) is 0 Å². The van der Waals surface area contributed by atoms with Gasteiger partial charge in [-0.15, -0.1) is 0 Å². The maximum atomic E-state index is 5.80. The number of amidine groups is 1. The average Bonchev–Trinajstić information content (AvgIpc) is 3.20. The molecular weight excluding hydrogens is 246 g/mol. The maximum absolute atomic E-state index is 5.80. The molecule has 0 radical (unpaired) electrons. The molecule has 1 fully saturated rings. The molecule has 1 aromatic carbocycles. The molecule has 0 aromatic heterocycles. The highest BCUT2D eigenvalue weighted by Crippen LogP contribution is 2.23. The first-order chi connectivity index (χ1) is 9.54. The van der Waals surface area contributed by atoms with Gasteiger partial charge in [-0.05, 0) is 43.5 Å². The van der Waals surface area contributed by atoms with Crippen LogP contribution in [0.1, 0.15) is 24.0 Å². The van der Waals surface area contributed by atoms with Gasteiger partial charge in [-0.3, -0.25) is 4.99 Å². The standard InChI is InChI=1S/C17H21N3/c1-12-5-4-6-15(11-12)14(3)19-13(2)7-10-17(18)20-16-8-9-16/h4-7,10-11,16,19H,2-3,8-9H2,1H3,(H2,18,20)/b10-7-. The molecule has 3 nitrogen and oxygen atoms in total. The van der Waals surface area contributed by atoms with E-state index in [1.165, 1.54) is 5.56 Å². The Morgan fingerprint density at radius 3 is 2.75 bits per heavy atom. The zero-order chi connectivity index (χ0) is 14.5. The molecule has 1 aromatic rings. The Morgan fingerprint density at radius 2 is 2.10 bits per heavy atom. The molecule has 104 valence electrons. The molecule has 0 amide bonds.